The number of aromatic nitrogens is 1. The van der Waals surface area contributed by atoms with Gasteiger partial charge in [0.05, 0.1) is 28.7 Å². The quantitative estimate of drug-likeness (QED) is 0.275. The van der Waals surface area contributed by atoms with E-state index in [0.717, 1.165) is 5.69 Å². The Morgan fingerprint density at radius 2 is 2.00 bits per heavy atom. The van der Waals surface area contributed by atoms with Crippen molar-refractivity contribution in [1.29, 1.82) is 0 Å². The van der Waals surface area contributed by atoms with Crippen molar-refractivity contribution in [2.45, 2.75) is 10.6 Å². The van der Waals surface area contributed by atoms with Crippen LogP contribution in [-0.2, 0) is 15.8 Å². The van der Waals surface area contributed by atoms with Crippen molar-refractivity contribution in [3.63, 3.8) is 0 Å². The highest BCUT2D eigenvalue weighted by atomic mass is 35.5. The fourth-order valence-electron chi connectivity index (χ4n) is 1.97. The first kappa shape index (κ1) is 22.4. The van der Waals surface area contributed by atoms with Crippen LogP contribution in [0, 0.1) is 12.3 Å². The van der Waals surface area contributed by atoms with Crippen molar-refractivity contribution in [2.24, 2.45) is 4.99 Å². The highest BCUT2D eigenvalue weighted by molar-refractivity contribution is 7.98. The van der Waals surface area contributed by atoms with E-state index in [1.165, 1.54) is 24.3 Å². The van der Waals surface area contributed by atoms with Gasteiger partial charge in [0.2, 0.25) is 5.96 Å². The van der Waals surface area contributed by atoms with Crippen LogP contribution in [-0.4, -0.2) is 38.2 Å². The number of nitrogens with one attached hydrogen (secondary N) is 2. The topological polar surface area (TPSA) is 83.4 Å². The average molecular weight is 457 g/mol. The van der Waals surface area contributed by atoms with Crippen LogP contribution in [0.25, 0.3) is 0 Å². The van der Waals surface area contributed by atoms with Crippen LogP contribution < -0.4 is 10.0 Å². The lowest BCUT2D eigenvalue weighted by molar-refractivity contribution is 0.591. The molecule has 1 heterocycles. The fraction of sp³-hybridized carbons (Fsp3) is 0.222. The summed E-state index contributed by atoms with van der Waals surface area (Å²) in [5, 5.41) is 3.84. The maximum atomic E-state index is 12.5. The molecule has 1 aromatic carbocycles. The number of halogens is 2. The number of hydrogen-bond acceptors (Lipinski definition) is 5. The van der Waals surface area contributed by atoms with Gasteiger partial charge in [-0.3, -0.25) is 9.98 Å². The van der Waals surface area contributed by atoms with Crippen molar-refractivity contribution in [1.82, 2.24) is 15.0 Å². The number of sulfonamides is 1. The van der Waals surface area contributed by atoms with E-state index in [0.29, 0.717) is 28.1 Å². The predicted molar refractivity (Wildman–Crippen MR) is 116 cm³/mol. The highest BCUT2D eigenvalue weighted by Crippen LogP contribution is 2.18. The first-order valence-corrected chi connectivity index (χ1v) is 11.5. The summed E-state index contributed by atoms with van der Waals surface area (Å²) in [4.78, 5) is 8.55. The van der Waals surface area contributed by atoms with Gasteiger partial charge in [-0.15, -0.1) is 6.42 Å². The minimum absolute atomic E-state index is 0.0753. The van der Waals surface area contributed by atoms with Gasteiger partial charge in [0.15, 0.2) is 0 Å². The van der Waals surface area contributed by atoms with Crippen molar-refractivity contribution >= 4 is 50.9 Å². The zero-order valence-corrected chi connectivity index (χ0v) is 17.9. The molecule has 0 radical (unpaired) electrons. The van der Waals surface area contributed by atoms with Crippen molar-refractivity contribution in [3.05, 3.63) is 58.3 Å². The van der Waals surface area contributed by atoms with E-state index < -0.39 is 10.0 Å². The number of terminal acetylenes is 1. The van der Waals surface area contributed by atoms with Crippen LogP contribution in [0.4, 0.5) is 0 Å². The van der Waals surface area contributed by atoms with Crippen LogP contribution in [0.2, 0.25) is 10.0 Å². The lowest BCUT2D eigenvalue weighted by Gasteiger charge is -2.12. The molecule has 0 saturated heterocycles. The first-order valence-electron chi connectivity index (χ1n) is 8.09. The zero-order chi connectivity index (χ0) is 20.4. The van der Waals surface area contributed by atoms with Gasteiger partial charge >= 0.3 is 0 Å². The number of pyridine rings is 1. The van der Waals surface area contributed by atoms with Crippen LogP contribution in [0.5, 0.6) is 0 Å². The molecule has 10 heteroatoms. The number of rotatable bonds is 8. The lowest BCUT2D eigenvalue weighted by atomic mass is 10.4. The minimum Gasteiger partial charge on any atom is -0.345 e. The van der Waals surface area contributed by atoms with Gasteiger partial charge < -0.3 is 5.32 Å². The molecule has 0 aliphatic heterocycles. The molecule has 0 bridgehead atoms. The molecule has 0 atom stereocenters. The molecule has 2 rings (SSSR count). The number of thioether (sulfide) groups is 1. The Labute approximate surface area is 179 Å². The molecule has 1 aromatic heterocycles. The van der Waals surface area contributed by atoms with Crippen LogP contribution in [0.15, 0.2) is 52.5 Å². The van der Waals surface area contributed by atoms with Gasteiger partial charge in [0, 0.05) is 22.7 Å². The van der Waals surface area contributed by atoms with Gasteiger partial charge in [0.1, 0.15) is 0 Å². The monoisotopic (exact) mass is 456 g/mol. The number of hydrogen-bond donors (Lipinski definition) is 2. The minimum atomic E-state index is -3.80. The second kappa shape index (κ2) is 11.2. The largest absolute Gasteiger partial charge is 0.345 e. The SMILES string of the molecule is C#CCN/C(=N/CCSCc1ncccc1Cl)NS(=O)(=O)c1ccc(Cl)cc1. The number of guanidine groups is 1. The molecule has 6 nitrogen and oxygen atoms in total. The Hall–Kier alpha value is -1.92. The molecular weight excluding hydrogens is 439 g/mol. The molecule has 0 aliphatic carbocycles. The third-order valence-corrected chi connectivity index (χ3v) is 6.19. The smallest absolute Gasteiger partial charge is 0.264 e. The van der Waals surface area contributed by atoms with Crippen molar-refractivity contribution < 1.29 is 8.42 Å². The molecule has 0 unspecified atom stereocenters. The first-order chi connectivity index (χ1) is 13.4. The summed E-state index contributed by atoms with van der Waals surface area (Å²) in [5.41, 5.74) is 0.798. The van der Waals surface area contributed by atoms with E-state index in [4.69, 9.17) is 29.6 Å². The molecule has 2 aromatic rings. The molecule has 28 heavy (non-hydrogen) atoms. The average Bonchev–Trinajstić information content (AvgIpc) is 2.67. The van der Waals surface area contributed by atoms with Gasteiger partial charge in [-0.25, -0.2) is 13.1 Å². The summed E-state index contributed by atoms with van der Waals surface area (Å²) >= 11 is 13.5. The summed E-state index contributed by atoms with van der Waals surface area (Å²) in [6.07, 6.45) is 6.93. The van der Waals surface area contributed by atoms with E-state index in [2.05, 4.69) is 25.9 Å². The fourth-order valence-corrected chi connectivity index (χ4v) is 4.16. The van der Waals surface area contributed by atoms with Crippen molar-refractivity contribution in [2.75, 3.05) is 18.8 Å². The Balaban J connectivity index is 1.95. The molecule has 148 valence electrons. The van der Waals surface area contributed by atoms with Gasteiger partial charge in [-0.05, 0) is 36.4 Å². The molecule has 0 aliphatic rings. The second-order valence-electron chi connectivity index (χ2n) is 5.33. The third kappa shape index (κ3) is 7.24. The molecular formula is C18H18Cl2N4O2S2. The normalized spacial score (nSPS) is 11.7. The summed E-state index contributed by atoms with van der Waals surface area (Å²) in [5.74, 6) is 3.76. The summed E-state index contributed by atoms with van der Waals surface area (Å²) in [6, 6.07) is 9.39. The standard InChI is InChI=1S/C18H18Cl2N4O2S2/c1-2-9-22-18(24-28(25,26)15-7-5-14(19)6-8-15)23-11-12-27-13-17-16(20)4-3-10-21-17/h1,3-8,10H,9,11-13H2,(H2,22,23,24). The molecule has 0 fully saturated rings. The van der Waals surface area contributed by atoms with Crippen LogP contribution >= 0.6 is 35.0 Å². The number of nitrogens with zero attached hydrogens (tertiary/aromatic N) is 2. The van der Waals surface area contributed by atoms with E-state index in [1.807, 2.05) is 0 Å². The second-order valence-corrected chi connectivity index (χ2v) is 8.96. The van der Waals surface area contributed by atoms with Crippen molar-refractivity contribution in [3.8, 4) is 12.3 Å². The summed E-state index contributed by atoms with van der Waals surface area (Å²) in [7, 11) is -3.80. The van der Waals surface area contributed by atoms with E-state index >= 15 is 0 Å². The third-order valence-electron chi connectivity index (χ3n) is 3.29. The summed E-state index contributed by atoms with van der Waals surface area (Å²) < 4.78 is 27.4. The summed E-state index contributed by atoms with van der Waals surface area (Å²) in [6.45, 7) is 0.518. The van der Waals surface area contributed by atoms with Crippen LogP contribution in [0.1, 0.15) is 5.69 Å². The Kier molecular flexibility index (Phi) is 8.93. The Bertz CT molecular complexity index is 958. The predicted octanol–water partition coefficient (Wildman–Crippen LogP) is 3.18. The molecule has 2 N–H and O–H groups in total. The molecule has 0 amide bonds. The Morgan fingerprint density at radius 1 is 1.25 bits per heavy atom. The van der Waals surface area contributed by atoms with Gasteiger partial charge in [-0.1, -0.05) is 29.1 Å². The van der Waals surface area contributed by atoms with Gasteiger partial charge in [0.25, 0.3) is 10.0 Å². The number of aliphatic imine (C=N–C) groups is 1. The van der Waals surface area contributed by atoms with E-state index in [9.17, 15) is 8.42 Å². The Morgan fingerprint density at radius 3 is 2.68 bits per heavy atom. The maximum Gasteiger partial charge on any atom is 0.264 e. The van der Waals surface area contributed by atoms with Crippen LogP contribution in [0.3, 0.4) is 0 Å². The maximum absolute atomic E-state index is 12.5. The molecule has 0 spiro atoms. The highest BCUT2D eigenvalue weighted by Gasteiger charge is 2.16. The zero-order valence-electron chi connectivity index (χ0n) is 14.7. The van der Waals surface area contributed by atoms with Gasteiger partial charge in [-0.2, -0.15) is 11.8 Å². The number of benzene rings is 1. The van der Waals surface area contributed by atoms with E-state index in [-0.39, 0.29) is 17.4 Å². The molecule has 0 saturated carbocycles. The van der Waals surface area contributed by atoms with E-state index in [1.54, 1.807) is 30.1 Å². The lowest BCUT2D eigenvalue weighted by Crippen LogP contribution is -2.41.